The fourth-order valence-corrected chi connectivity index (χ4v) is 3.20. The van der Waals surface area contributed by atoms with Crippen molar-refractivity contribution >= 4 is 17.5 Å². The highest BCUT2D eigenvalue weighted by Gasteiger charge is 2.23. The molecule has 0 radical (unpaired) electrons. The SMILES string of the molecule is COc1cc(C(=O)Oc2ccccc2/C(=N\N)C(=O)c2ccc(C)cc2)cc(OC)c1OC. The van der Waals surface area contributed by atoms with Crippen LogP contribution in [-0.2, 0) is 0 Å². The molecule has 0 aliphatic heterocycles. The number of hydrogen-bond acceptors (Lipinski definition) is 8. The topological polar surface area (TPSA) is 109 Å². The highest BCUT2D eigenvalue weighted by molar-refractivity contribution is 6.51. The molecule has 0 aliphatic carbocycles. The number of rotatable bonds is 8. The lowest BCUT2D eigenvalue weighted by atomic mass is 9.99. The first-order valence-corrected chi connectivity index (χ1v) is 9.94. The lowest BCUT2D eigenvalue weighted by molar-refractivity contribution is 0.0733. The lowest BCUT2D eigenvalue weighted by Gasteiger charge is -2.15. The molecule has 3 aromatic carbocycles. The molecule has 33 heavy (non-hydrogen) atoms. The van der Waals surface area contributed by atoms with E-state index in [-0.39, 0.29) is 22.6 Å². The Morgan fingerprint density at radius 2 is 1.39 bits per heavy atom. The maximum Gasteiger partial charge on any atom is 0.343 e. The molecule has 3 rings (SSSR count). The largest absolute Gasteiger partial charge is 0.493 e. The van der Waals surface area contributed by atoms with Crippen molar-refractivity contribution in [2.24, 2.45) is 10.9 Å². The van der Waals surface area contributed by atoms with E-state index < -0.39 is 11.8 Å². The quantitative estimate of drug-likeness (QED) is 0.139. The highest BCUT2D eigenvalue weighted by Crippen LogP contribution is 2.38. The second-order valence-electron chi connectivity index (χ2n) is 6.97. The number of ether oxygens (including phenoxy) is 4. The monoisotopic (exact) mass is 448 g/mol. The zero-order valence-corrected chi connectivity index (χ0v) is 18.7. The molecule has 0 unspecified atom stereocenters. The van der Waals surface area contributed by atoms with Gasteiger partial charge in [0.1, 0.15) is 11.5 Å². The van der Waals surface area contributed by atoms with Crippen LogP contribution in [0.1, 0.15) is 31.8 Å². The molecule has 0 saturated carbocycles. The summed E-state index contributed by atoms with van der Waals surface area (Å²) in [6, 6.07) is 16.5. The Morgan fingerprint density at radius 3 is 1.94 bits per heavy atom. The minimum absolute atomic E-state index is 0.0351. The van der Waals surface area contributed by atoms with Gasteiger partial charge in [-0.1, -0.05) is 42.0 Å². The van der Waals surface area contributed by atoms with Crippen LogP contribution in [-0.4, -0.2) is 38.8 Å². The number of nitrogens with zero attached hydrogens (tertiary/aromatic N) is 1. The minimum Gasteiger partial charge on any atom is -0.493 e. The summed E-state index contributed by atoms with van der Waals surface area (Å²) in [5.74, 6) is 5.56. The van der Waals surface area contributed by atoms with Crippen LogP contribution in [0.2, 0.25) is 0 Å². The predicted octanol–water partition coefficient (Wildman–Crippen LogP) is 3.79. The van der Waals surface area contributed by atoms with Crippen LogP contribution in [0, 0.1) is 6.92 Å². The Kier molecular flexibility index (Phi) is 7.30. The summed E-state index contributed by atoms with van der Waals surface area (Å²) in [5.41, 5.74) is 1.84. The zero-order chi connectivity index (χ0) is 24.0. The second-order valence-corrected chi connectivity index (χ2v) is 6.97. The third-order valence-electron chi connectivity index (χ3n) is 4.90. The molecule has 8 nitrogen and oxygen atoms in total. The molecule has 0 saturated heterocycles. The van der Waals surface area contributed by atoms with Gasteiger partial charge in [-0.25, -0.2) is 4.79 Å². The number of carbonyl (C=O) groups excluding carboxylic acids is 2. The Labute approximate surface area is 191 Å². The van der Waals surface area contributed by atoms with E-state index in [0.717, 1.165) is 5.56 Å². The molecule has 0 aliphatic rings. The van der Waals surface area contributed by atoms with E-state index in [1.165, 1.54) is 33.5 Å². The van der Waals surface area contributed by atoms with Crippen molar-refractivity contribution < 1.29 is 28.5 Å². The highest BCUT2D eigenvalue weighted by atomic mass is 16.5. The van der Waals surface area contributed by atoms with Crippen LogP contribution < -0.4 is 24.8 Å². The van der Waals surface area contributed by atoms with Gasteiger partial charge in [0.2, 0.25) is 11.5 Å². The molecule has 0 bridgehead atoms. The van der Waals surface area contributed by atoms with E-state index in [9.17, 15) is 9.59 Å². The number of methoxy groups -OCH3 is 3. The number of para-hydroxylation sites is 1. The third kappa shape index (κ3) is 4.95. The van der Waals surface area contributed by atoms with E-state index in [2.05, 4.69) is 5.10 Å². The van der Waals surface area contributed by atoms with Gasteiger partial charge in [-0.3, -0.25) is 4.79 Å². The molecule has 0 fully saturated rings. The van der Waals surface area contributed by atoms with Crippen molar-refractivity contribution in [2.45, 2.75) is 6.92 Å². The number of esters is 1. The standard InChI is InChI=1S/C25H24N2O6/c1-15-9-11-16(12-10-15)23(28)22(27-26)18-7-5-6-8-19(18)33-25(29)17-13-20(30-2)24(32-4)21(14-17)31-3/h5-14H,26H2,1-4H3/b27-22+. The maximum absolute atomic E-state index is 13.0. The van der Waals surface area contributed by atoms with Crippen LogP contribution in [0.25, 0.3) is 0 Å². The predicted molar refractivity (Wildman–Crippen MR) is 124 cm³/mol. The van der Waals surface area contributed by atoms with Gasteiger partial charge in [-0.15, -0.1) is 0 Å². The summed E-state index contributed by atoms with van der Waals surface area (Å²) in [6.45, 7) is 1.92. The molecule has 0 amide bonds. The Hall–Kier alpha value is -4.33. The van der Waals surface area contributed by atoms with Gasteiger partial charge >= 0.3 is 5.97 Å². The van der Waals surface area contributed by atoms with Gasteiger partial charge in [0.05, 0.1) is 26.9 Å². The Morgan fingerprint density at radius 1 is 0.788 bits per heavy atom. The van der Waals surface area contributed by atoms with Gasteiger partial charge in [-0.2, -0.15) is 5.10 Å². The fraction of sp³-hybridized carbons (Fsp3) is 0.160. The average molecular weight is 448 g/mol. The van der Waals surface area contributed by atoms with Crippen LogP contribution in [0.3, 0.4) is 0 Å². The number of Topliss-reactive ketones (excluding diaryl/α,β-unsaturated/α-hetero) is 1. The first kappa shape index (κ1) is 23.3. The molecular formula is C25H24N2O6. The van der Waals surface area contributed by atoms with E-state index >= 15 is 0 Å². The number of nitrogens with two attached hydrogens (primary N) is 1. The Balaban J connectivity index is 1.96. The van der Waals surface area contributed by atoms with Crippen molar-refractivity contribution in [3.63, 3.8) is 0 Å². The van der Waals surface area contributed by atoms with Crippen molar-refractivity contribution in [1.29, 1.82) is 0 Å². The molecule has 3 aromatic rings. The van der Waals surface area contributed by atoms with Crippen LogP contribution in [0.5, 0.6) is 23.0 Å². The van der Waals surface area contributed by atoms with E-state index in [4.69, 9.17) is 24.8 Å². The van der Waals surface area contributed by atoms with Crippen LogP contribution in [0.15, 0.2) is 65.8 Å². The summed E-state index contributed by atoms with van der Waals surface area (Å²) >= 11 is 0. The van der Waals surface area contributed by atoms with E-state index in [1.807, 2.05) is 19.1 Å². The van der Waals surface area contributed by atoms with Crippen molar-refractivity contribution in [3.8, 4) is 23.0 Å². The van der Waals surface area contributed by atoms with Gasteiger partial charge < -0.3 is 24.8 Å². The van der Waals surface area contributed by atoms with Gasteiger partial charge in [0.15, 0.2) is 11.5 Å². The van der Waals surface area contributed by atoms with Crippen molar-refractivity contribution in [3.05, 3.63) is 82.9 Å². The molecule has 0 spiro atoms. The summed E-state index contributed by atoms with van der Waals surface area (Å²) in [7, 11) is 4.36. The normalized spacial score (nSPS) is 11.0. The van der Waals surface area contributed by atoms with Gasteiger partial charge in [-0.05, 0) is 31.2 Å². The zero-order valence-electron chi connectivity index (χ0n) is 18.7. The van der Waals surface area contributed by atoms with E-state index in [1.54, 1.807) is 36.4 Å². The lowest BCUT2D eigenvalue weighted by Crippen LogP contribution is -2.20. The van der Waals surface area contributed by atoms with Gasteiger partial charge in [0.25, 0.3) is 0 Å². The van der Waals surface area contributed by atoms with Crippen LogP contribution >= 0.6 is 0 Å². The van der Waals surface area contributed by atoms with Crippen LogP contribution in [0.4, 0.5) is 0 Å². The summed E-state index contributed by atoms with van der Waals surface area (Å²) < 4.78 is 21.5. The van der Waals surface area contributed by atoms with Crippen molar-refractivity contribution in [2.75, 3.05) is 21.3 Å². The molecule has 0 atom stereocenters. The number of hydrazone groups is 1. The molecule has 8 heteroatoms. The number of ketones is 1. The number of aryl methyl sites for hydroxylation is 1. The Bertz CT molecular complexity index is 1180. The summed E-state index contributed by atoms with van der Waals surface area (Å²) in [5, 5.41) is 3.69. The first-order valence-electron chi connectivity index (χ1n) is 9.94. The van der Waals surface area contributed by atoms with Crippen molar-refractivity contribution in [1.82, 2.24) is 0 Å². The summed E-state index contributed by atoms with van der Waals surface area (Å²) in [4.78, 5) is 26.0. The van der Waals surface area contributed by atoms with Gasteiger partial charge in [0, 0.05) is 11.1 Å². The maximum atomic E-state index is 13.0. The molecular weight excluding hydrogens is 424 g/mol. The molecule has 170 valence electrons. The molecule has 0 aromatic heterocycles. The first-order chi connectivity index (χ1) is 15.9. The number of benzene rings is 3. The number of carbonyl (C=O) groups is 2. The third-order valence-corrected chi connectivity index (χ3v) is 4.90. The smallest absolute Gasteiger partial charge is 0.343 e. The fourth-order valence-electron chi connectivity index (χ4n) is 3.20. The molecule has 0 heterocycles. The minimum atomic E-state index is -0.694. The summed E-state index contributed by atoms with van der Waals surface area (Å²) in [6.07, 6.45) is 0. The second kappa shape index (κ2) is 10.3. The number of hydrogen-bond donors (Lipinski definition) is 1. The average Bonchev–Trinajstić information content (AvgIpc) is 2.84. The van der Waals surface area contributed by atoms with E-state index in [0.29, 0.717) is 22.8 Å². The molecule has 2 N–H and O–H groups in total.